The van der Waals surface area contributed by atoms with Crippen molar-refractivity contribution in [2.24, 2.45) is 0 Å². The summed E-state index contributed by atoms with van der Waals surface area (Å²) >= 11 is 0. The van der Waals surface area contributed by atoms with Crippen molar-refractivity contribution in [2.45, 2.75) is 110 Å². The molecule has 2 N–H and O–H groups in total. The van der Waals surface area contributed by atoms with Crippen molar-refractivity contribution in [3.63, 3.8) is 0 Å². The van der Waals surface area contributed by atoms with Crippen molar-refractivity contribution in [1.29, 1.82) is 0 Å². The molecule has 1 aliphatic heterocycles. The van der Waals surface area contributed by atoms with Gasteiger partial charge in [-0.15, -0.1) is 0 Å². The lowest BCUT2D eigenvalue weighted by Crippen LogP contribution is -2.54. The molecule has 1 heterocycles. The first-order valence-corrected chi connectivity index (χ1v) is 11.8. The summed E-state index contributed by atoms with van der Waals surface area (Å²) in [6, 6.07) is 0. The Morgan fingerprint density at radius 2 is 1.44 bits per heavy atom. The number of allylic oxidation sites excluding steroid dienone is 2. The van der Waals surface area contributed by atoms with Gasteiger partial charge >= 0.3 is 0 Å². The molecule has 0 amide bonds. The third-order valence-electron chi connectivity index (χ3n) is 6.22. The number of likely N-dealkylation sites (N-methyl/N-ethyl adjacent to an activating group) is 1. The third kappa shape index (κ3) is 10.4. The van der Waals surface area contributed by atoms with Gasteiger partial charge in [0.05, 0.1) is 19.4 Å². The second-order valence-electron chi connectivity index (χ2n) is 8.25. The topological polar surface area (TPSA) is 32.3 Å². The minimum atomic E-state index is 0.270. The summed E-state index contributed by atoms with van der Waals surface area (Å²) in [6.45, 7) is 6.50. The van der Waals surface area contributed by atoms with Crippen molar-refractivity contribution in [2.75, 3.05) is 19.7 Å². The minimum Gasteiger partial charge on any atom is -0.390 e. The number of nitrogens with zero attached hydrogens (tertiary/aromatic N) is 1. The van der Waals surface area contributed by atoms with E-state index in [0.717, 1.165) is 17.6 Å². The van der Waals surface area contributed by atoms with E-state index in [4.69, 9.17) is 0 Å². The predicted molar refractivity (Wildman–Crippen MR) is 118 cm³/mol. The van der Waals surface area contributed by atoms with Crippen molar-refractivity contribution in [3.8, 4) is 0 Å². The molecular weight excluding hydrogens is 332 g/mol. The third-order valence-corrected chi connectivity index (χ3v) is 6.22. The molecular formula is C24H47N2O+. The monoisotopic (exact) mass is 379 g/mol. The van der Waals surface area contributed by atoms with Gasteiger partial charge in [0.15, 0.2) is 6.17 Å². The maximum absolute atomic E-state index is 9.36. The number of hydrogen-bond donors (Lipinski definition) is 2. The van der Waals surface area contributed by atoms with Crippen LogP contribution in [-0.4, -0.2) is 35.5 Å². The van der Waals surface area contributed by atoms with Gasteiger partial charge in [-0.2, -0.15) is 0 Å². The first kappa shape index (κ1) is 24.2. The zero-order chi connectivity index (χ0) is 19.6. The Hall–Kier alpha value is -0.800. The molecule has 1 aliphatic rings. The highest BCUT2D eigenvalue weighted by Gasteiger charge is 2.35. The maximum atomic E-state index is 9.36. The van der Waals surface area contributed by atoms with Crippen LogP contribution in [0.25, 0.3) is 0 Å². The van der Waals surface area contributed by atoms with E-state index in [2.05, 4.69) is 43.7 Å². The fraction of sp³-hybridized carbons (Fsp3) is 0.833. The van der Waals surface area contributed by atoms with E-state index in [0.29, 0.717) is 6.17 Å². The van der Waals surface area contributed by atoms with Crippen LogP contribution in [-0.2, 0) is 0 Å². The number of aliphatic hydroxyl groups is 1. The predicted octanol–water partition coefficient (Wildman–Crippen LogP) is 6.25. The highest BCUT2D eigenvalue weighted by Crippen LogP contribution is 2.23. The number of rotatable bonds is 18. The van der Waals surface area contributed by atoms with Crippen molar-refractivity contribution < 1.29 is 9.59 Å². The summed E-state index contributed by atoms with van der Waals surface area (Å²) in [7, 11) is 0. The zero-order valence-electron chi connectivity index (χ0n) is 18.3. The summed E-state index contributed by atoms with van der Waals surface area (Å²) in [5.41, 5.74) is 0. The van der Waals surface area contributed by atoms with Gasteiger partial charge in [-0.25, -0.2) is 0 Å². The fourth-order valence-corrected chi connectivity index (χ4v) is 4.33. The molecule has 2 unspecified atom stereocenters. The Bertz CT molecular complexity index is 394. The van der Waals surface area contributed by atoms with E-state index in [-0.39, 0.29) is 6.61 Å². The molecule has 1 rings (SSSR count). The summed E-state index contributed by atoms with van der Waals surface area (Å²) in [6.07, 6.45) is 28.5. The van der Waals surface area contributed by atoms with E-state index < -0.39 is 0 Å². The highest BCUT2D eigenvalue weighted by molar-refractivity contribution is 4.84. The largest absolute Gasteiger partial charge is 0.390 e. The number of unbranched alkanes of at least 4 members (excludes halogenated alkanes) is 12. The van der Waals surface area contributed by atoms with Gasteiger partial charge in [0.25, 0.3) is 0 Å². The normalized spacial score (nSPS) is 22.0. The van der Waals surface area contributed by atoms with Gasteiger partial charge in [0.2, 0.25) is 0 Å². The molecule has 27 heavy (non-hydrogen) atoms. The van der Waals surface area contributed by atoms with Crippen molar-refractivity contribution in [1.82, 2.24) is 5.32 Å². The van der Waals surface area contributed by atoms with Crippen molar-refractivity contribution in [3.05, 3.63) is 24.6 Å². The lowest BCUT2D eigenvalue weighted by molar-refractivity contribution is -0.900. The molecule has 0 aromatic carbocycles. The van der Waals surface area contributed by atoms with Gasteiger partial charge < -0.3 is 10.4 Å². The van der Waals surface area contributed by atoms with Gasteiger partial charge in [-0.05, 0) is 33.1 Å². The number of aliphatic hydroxyl groups excluding tert-OH is 1. The zero-order valence-corrected chi connectivity index (χ0v) is 18.3. The molecule has 0 fully saturated rings. The average Bonchev–Trinajstić information content (AvgIpc) is 3.08. The molecule has 0 saturated carbocycles. The molecule has 0 spiro atoms. The lowest BCUT2D eigenvalue weighted by Gasteiger charge is -2.36. The van der Waals surface area contributed by atoms with E-state index in [9.17, 15) is 5.11 Å². The molecule has 0 aromatic rings. The SMILES string of the molecule is C/C=C/CCCCCCCCCCCCCCC1NC=C[N+]1(CC)CCO. The summed E-state index contributed by atoms with van der Waals surface area (Å²) < 4.78 is 0.909. The van der Waals surface area contributed by atoms with E-state index >= 15 is 0 Å². The van der Waals surface area contributed by atoms with Crippen LogP contribution in [0, 0.1) is 0 Å². The molecule has 0 saturated heterocycles. The van der Waals surface area contributed by atoms with E-state index in [1.807, 2.05) is 0 Å². The quantitative estimate of drug-likeness (QED) is 0.167. The molecule has 2 atom stereocenters. The first-order valence-electron chi connectivity index (χ1n) is 11.8. The van der Waals surface area contributed by atoms with Crippen LogP contribution in [0.3, 0.4) is 0 Å². The smallest absolute Gasteiger partial charge is 0.166 e. The fourth-order valence-electron chi connectivity index (χ4n) is 4.33. The summed E-state index contributed by atoms with van der Waals surface area (Å²) in [5.74, 6) is 0. The van der Waals surface area contributed by atoms with Crippen molar-refractivity contribution >= 4 is 0 Å². The van der Waals surface area contributed by atoms with Gasteiger partial charge in [0.1, 0.15) is 12.7 Å². The molecule has 0 aromatic heterocycles. The molecule has 3 heteroatoms. The Kier molecular flexibility index (Phi) is 14.5. The maximum Gasteiger partial charge on any atom is 0.166 e. The number of quaternary nitrogens is 1. The molecule has 158 valence electrons. The van der Waals surface area contributed by atoms with Crippen LogP contribution in [0.5, 0.6) is 0 Å². The number of nitrogens with one attached hydrogen (secondary N) is 1. The molecule has 3 nitrogen and oxygen atoms in total. The standard InChI is InChI=1S/C24H47N2O/c1-3-5-6-7-8-9-10-11-12-13-14-15-16-17-18-19-24-25-20-21-26(24,4-2)22-23-27/h3,5,20-21,24-25,27H,4,6-19,22-23H2,1-2H3/q+1/b5-3+. The van der Waals surface area contributed by atoms with Gasteiger partial charge in [0, 0.05) is 6.42 Å². The Morgan fingerprint density at radius 3 is 1.96 bits per heavy atom. The van der Waals surface area contributed by atoms with Crippen LogP contribution < -0.4 is 5.32 Å². The average molecular weight is 380 g/mol. The molecule has 0 aliphatic carbocycles. The molecule has 0 radical (unpaired) electrons. The highest BCUT2D eigenvalue weighted by atomic mass is 16.3. The van der Waals surface area contributed by atoms with Gasteiger partial charge in [-0.1, -0.05) is 76.4 Å². The second kappa shape index (κ2) is 16.2. The van der Waals surface area contributed by atoms with Crippen LogP contribution >= 0.6 is 0 Å². The lowest BCUT2D eigenvalue weighted by atomic mass is 10.0. The van der Waals surface area contributed by atoms with E-state index in [1.54, 1.807) is 0 Å². The minimum absolute atomic E-state index is 0.270. The van der Waals surface area contributed by atoms with Crippen LogP contribution in [0.15, 0.2) is 24.6 Å². The van der Waals surface area contributed by atoms with Gasteiger partial charge in [-0.3, -0.25) is 4.48 Å². The Labute approximate surface area is 169 Å². The van der Waals surface area contributed by atoms with Crippen LogP contribution in [0.1, 0.15) is 104 Å². The van der Waals surface area contributed by atoms with E-state index in [1.165, 1.54) is 89.9 Å². The number of hydrogen-bond acceptors (Lipinski definition) is 2. The first-order chi connectivity index (χ1) is 13.3. The summed E-state index contributed by atoms with van der Waals surface area (Å²) in [4.78, 5) is 0. The Morgan fingerprint density at radius 1 is 0.889 bits per heavy atom. The Balaban J connectivity index is 1.88. The second-order valence-corrected chi connectivity index (χ2v) is 8.25. The van der Waals surface area contributed by atoms with Crippen LogP contribution in [0.4, 0.5) is 0 Å². The molecule has 0 bridgehead atoms. The van der Waals surface area contributed by atoms with Crippen LogP contribution in [0.2, 0.25) is 0 Å². The summed E-state index contributed by atoms with van der Waals surface area (Å²) in [5, 5.41) is 12.9.